The molecule has 0 saturated carbocycles. The highest BCUT2D eigenvalue weighted by atomic mass is 32.2. The molecule has 4 rings (SSSR count). The van der Waals surface area contributed by atoms with Crippen molar-refractivity contribution in [3.8, 4) is 5.69 Å². The second-order valence-electron chi connectivity index (χ2n) is 7.55. The van der Waals surface area contributed by atoms with E-state index in [1.807, 2.05) is 62.4 Å². The zero-order valence-electron chi connectivity index (χ0n) is 17.9. The molecule has 0 atom stereocenters. The van der Waals surface area contributed by atoms with Gasteiger partial charge in [0.05, 0.1) is 5.69 Å². The maximum atomic E-state index is 12.5. The molecule has 6 heteroatoms. The van der Waals surface area contributed by atoms with Crippen molar-refractivity contribution in [2.24, 2.45) is 0 Å². The molecular formula is C26H23N3O2S. The van der Waals surface area contributed by atoms with Crippen molar-refractivity contribution < 1.29 is 4.79 Å². The Morgan fingerprint density at radius 1 is 0.844 bits per heavy atom. The van der Waals surface area contributed by atoms with Crippen LogP contribution in [-0.4, -0.2) is 15.7 Å². The Morgan fingerprint density at radius 3 is 2.12 bits per heavy atom. The highest BCUT2D eigenvalue weighted by Gasteiger charge is 2.09. The monoisotopic (exact) mass is 441 g/mol. The van der Waals surface area contributed by atoms with E-state index in [4.69, 9.17) is 0 Å². The van der Waals surface area contributed by atoms with Crippen molar-refractivity contribution in [3.05, 3.63) is 118 Å². The molecule has 4 aromatic rings. The van der Waals surface area contributed by atoms with Crippen molar-refractivity contribution in [2.75, 3.05) is 0 Å². The van der Waals surface area contributed by atoms with Crippen molar-refractivity contribution in [3.63, 3.8) is 0 Å². The first-order chi connectivity index (χ1) is 15.5. The molecule has 0 aliphatic heterocycles. The number of amides is 1. The summed E-state index contributed by atoms with van der Waals surface area (Å²) in [5.41, 5.74) is 4.32. The van der Waals surface area contributed by atoms with Gasteiger partial charge in [0, 0.05) is 23.1 Å². The Labute approximate surface area is 191 Å². The van der Waals surface area contributed by atoms with Gasteiger partial charge in [-0.2, -0.15) is 9.78 Å². The molecule has 0 radical (unpaired) electrons. The second-order valence-corrected chi connectivity index (χ2v) is 8.65. The fourth-order valence-electron chi connectivity index (χ4n) is 3.11. The van der Waals surface area contributed by atoms with E-state index in [-0.39, 0.29) is 11.5 Å². The van der Waals surface area contributed by atoms with Crippen LogP contribution in [-0.2, 0) is 6.54 Å². The molecule has 32 heavy (non-hydrogen) atoms. The molecule has 1 N–H and O–H groups in total. The van der Waals surface area contributed by atoms with Crippen LogP contribution in [0.3, 0.4) is 0 Å². The lowest BCUT2D eigenvalue weighted by molar-refractivity contribution is 0.0951. The summed E-state index contributed by atoms with van der Waals surface area (Å²) in [7, 11) is 0. The molecule has 0 aliphatic rings. The fourth-order valence-corrected chi connectivity index (χ4v) is 3.88. The first kappa shape index (κ1) is 21.6. The topological polar surface area (TPSA) is 64.0 Å². The zero-order chi connectivity index (χ0) is 22.5. The third-order valence-electron chi connectivity index (χ3n) is 4.97. The van der Waals surface area contributed by atoms with Crippen molar-refractivity contribution in [1.82, 2.24) is 15.1 Å². The number of rotatable bonds is 6. The quantitative estimate of drug-likeness (QED) is 0.461. The van der Waals surface area contributed by atoms with Gasteiger partial charge >= 0.3 is 0 Å². The molecule has 0 aliphatic carbocycles. The summed E-state index contributed by atoms with van der Waals surface area (Å²) >= 11 is 1.49. The molecule has 160 valence electrons. The molecule has 0 spiro atoms. The van der Waals surface area contributed by atoms with Crippen LogP contribution in [0.1, 0.15) is 27.0 Å². The Balaban J connectivity index is 1.47. The predicted molar refractivity (Wildman–Crippen MR) is 127 cm³/mol. The van der Waals surface area contributed by atoms with Gasteiger partial charge in [-0.25, -0.2) is 0 Å². The van der Waals surface area contributed by atoms with Crippen molar-refractivity contribution in [1.29, 1.82) is 0 Å². The van der Waals surface area contributed by atoms with E-state index < -0.39 is 0 Å². The van der Waals surface area contributed by atoms with Gasteiger partial charge in [-0.05, 0) is 61.9 Å². The summed E-state index contributed by atoms with van der Waals surface area (Å²) in [5, 5.41) is 8.12. The molecule has 0 unspecified atom stereocenters. The average Bonchev–Trinajstić information content (AvgIpc) is 2.81. The standard InChI is InChI=1S/C26H23N3O2S/c1-18-3-7-20(8-4-18)17-27-26(31)21-9-11-22(12-10-21)29-25(30)16-15-24(28-29)32-23-13-5-19(2)6-14-23/h3-16H,17H2,1-2H3,(H,27,31). The minimum atomic E-state index is -0.227. The summed E-state index contributed by atoms with van der Waals surface area (Å²) in [6.07, 6.45) is 0. The minimum absolute atomic E-state index is 0.166. The van der Waals surface area contributed by atoms with Crippen LogP contribution in [0.5, 0.6) is 0 Å². The van der Waals surface area contributed by atoms with Gasteiger partial charge in [-0.15, -0.1) is 0 Å². The van der Waals surface area contributed by atoms with Crippen LogP contribution in [0.15, 0.2) is 99.6 Å². The first-order valence-corrected chi connectivity index (χ1v) is 11.1. The van der Waals surface area contributed by atoms with Gasteiger partial charge in [0.2, 0.25) is 0 Å². The normalized spacial score (nSPS) is 10.7. The zero-order valence-corrected chi connectivity index (χ0v) is 18.7. The number of nitrogens with one attached hydrogen (secondary N) is 1. The summed E-state index contributed by atoms with van der Waals surface area (Å²) in [4.78, 5) is 25.9. The van der Waals surface area contributed by atoms with Gasteiger partial charge in [-0.3, -0.25) is 9.59 Å². The molecule has 0 bridgehead atoms. The summed E-state index contributed by atoms with van der Waals surface area (Å²) in [6.45, 7) is 4.53. The Bertz CT molecular complexity index is 1280. The molecule has 0 fully saturated rings. The molecular weight excluding hydrogens is 418 g/mol. The number of aromatic nitrogens is 2. The van der Waals surface area contributed by atoms with Gasteiger partial charge in [0.25, 0.3) is 11.5 Å². The SMILES string of the molecule is Cc1ccc(CNC(=O)c2ccc(-n3nc(Sc4ccc(C)cc4)ccc3=O)cc2)cc1. The molecule has 1 aromatic heterocycles. The maximum Gasteiger partial charge on any atom is 0.271 e. The molecule has 5 nitrogen and oxygen atoms in total. The fraction of sp³-hybridized carbons (Fsp3) is 0.115. The minimum Gasteiger partial charge on any atom is -0.348 e. The van der Waals surface area contributed by atoms with Gasteiger partial charge in [-0.1, -0.05) is 59.3 Å². The Kier molecular flexibility index (Phi) is 6.52. The average molecular weight is 442 g/mol. The lowest BCUT2D eigenvalue weighted by atomic mass is 10.1. The van der Waals surface area contributed by atoms with Crippen LogP contribution in [0.4, 0.5) is 0 Å². The Morgan fingerprint density at radius 2 is 1.47 bits per heavy atom. The summed E-state index contributed by atoms with van der Waals surface area (Å²) < 4.78 is 1.35. The van der Waals surface area contributed by atoms with Crippen molar-refractivity contribution in [2.45, 2.75) is 30.3 Å². The Hall–Kier alpha value is -3.64. The third-order valence-corrected chi connectivity index (χ3v) is 5.90. The maximum absolute atomic E-state index is 12.5. The number of benzene rings is 3. The van der Waals surface area contributed by atoms with E-state index in [0.717, 1.165) is 10.5 Å². The lowest BCUT2D eigenvalue weighted by Gasteiger charge is -2.09. The number of carbonyl (C=O) groups is 1. The van der Waals surface area contributed by atoms with Crippen molar-refractivity contribution >= 4 is 17.7 Å². The van der Waals surface area contributed by atoms with E-state index in [9.17, 15) is 9.59 Å². The van der Waals surface area contributed by atoms with E-state index >= 15 is 0 Å². The van der Waals surface area contributed by atoms with Crippen LogP contribution < -0.4 is 10.9 Å². The van der Waals surface area contributed by atoms with Gasteiger partial charge in [0.15, 0.2) is 0 Å². The van der Waals surface area contributed by atoms with Gasteiger partial charge in [0.1, 0.15) is 5.03 Å². The first-order valence-electron chi connectivity index (χ1n) is 10.3. The summed E-state index contributed by atoms with van der Waals surface area (Å²) in [5.74, 6) is -0.166. The predicted octanol–water partition coefficient (Wildman–Crippen LogP) is 4.93. The molecule has 1 heterocycles. The van der Waals surface area contributed by atoms with E-state index in [1.165, 1.54) is 33.6 Å². The van der Waals surface area contributed by atoms with Crippen LogP contribution in [0.25, 0.3) is 5.69 Å². The highest BCUT2D eigenvalue weighted by molar-refractivity contribution is 7.99. The number of aryl methyl sites for hydroxylation is 2. The summed E-state index contributed by atoms with van der Waals surface area (Å²) in [6, 6.07) is 26.3. The number of nitrogens with zero attached hydrogens (tertiary/aromatic N) is 2. The molecule has 3 aromatic carbocycles. The molecule has 0 saturated heterocycles. The van der Waals surface area contributed by atoms with E-state index in [0.29, 0.717) is 22.8 Å². The number of hydrogen-bond acceptors (Lipinski definition) is 4. The van der Waals surface area contributed by atoms with Gasteiger partial charge < -0.3 is 5.32 Å². The van der Waals surface area contributed by atoms with E-state index in [1.54, 1.807) is 30.3 Å². The molecule has 1 amide bonds. The smallest absolute Gasteiger partial charge is 0.271 e. The largest absolute Gasteiger partial charge is 0.348 e. The van der Waals surface area contributed by atoms with Crippen LogP contribution >= 0.6 is 11.8 Å². The van der Waals surface area contributed by atoms with Crippen LogP contribution in [0, 0.1) is 13.8 Å². The number of carbonyl (C=O) groups excluding carboxylic acids is 1. The third kappa shape index (κ3) is 5.34. The number of hydrogen-bond donors (Lipinski definition) is 1. The second kappa shape index (κ2) is 9.66. The van der Waals surface area contributed by atoms with Crippen LogP contribution in [0.2, 0.25) is 0 Å². The van der Waals surface area contributed by atoms with E-state index in [2.05, 4.69) is 10.4 Å². The highest BCUT2D eigenvalue weighted by Crippen LogP contribution is 2.25. The lowest BCUT2D eigenvalue weighted by Crippen LogP contribution is -2.23.